The molecule has 0 aliphatic carbocycles. The van der Waals surface area contributed by atoms with Crippen molar-refractivity contribution < 1.29 is 18.0 Å². The summed E-state index contributed by atoms with van der Waals surface area (Å²) in [5.41, 5.74) is -0.320. The second-order valence-corrected chi connectivity index (χ2v) is 8.76. The number of pyridine rings is 1. The maximum atomic E-state index is 12.7. The number of hydrogen-bond donors (Lipinski definition) is 1. The van der Waals surface area contributed by atoms with Gasteiger partial charge in [0.15, 0.2) is 0 Å². The molecule has 0 unspecified atom stereocenters. The summed E-state index contributed by atoms with van der Waals surface area (Å²) in [6, 6.07) is 10.0. The van der Waals surface area contributed by atoms with Gasteiger partial charge in [0.2, 0.25) is 0 Å². The van der Waals surface area contributed by atoms with E-state index in [2.05, 4.69) is 22.1 Å². The molecule has 3 aliphatic heterocycles. The number of halogens is 3. The fraction of sp³-hybridized carbons (Fsp3) is 0.429. The Bertz CT molecular complexity index is 860. The Balaban J connectivity index is 1.38. The highest BCUT2D eigenvalue weighted by Crippen LogP contribution is 2.33. The molecular weight excluding hydrogens is 399 g/mol. The highest BCUT2D eigenvalue weighted by Gasteiger charge is 2.40. The van der Waals surface area contributed by atoms with Crippen molar-refractivity contribution in [1.29, 1.82) is 0 Å². The van der Waals surface area contributed by atoms with Gasteiger partial charge in [-0.15, -0.1) is 0 Å². The molecule has 1 aromatic carbocycles. The SMILES string of the molecule is C[C@H]1[C@H](NC(=O)c2ccc(Sc3ccc(C(F)(F)F)nc3)cc2)C2CCN1CC2. The lowest BCUT2D eigenvalue weighted by Crippen LogP contribution is -2.62. The minimum atomic E-state index is -4.44. The fourth-order valence-corrected chi connectivity index (χ4v) is 4.98. The van der Waals surface area contributed by atoms with Crippen molar-refractivity contribution >= 4 is 17.7 Å². The number of aromatic nitrogens is 1. The lowest BCUT2D eigenvalue weighted by Gasteiger charge is -2.49. The van der Waals surface area contributed by atoms with E-state index < -0.39 is 11.9 Å². The van der Waals surface area contributed by atoms with Gasteiger partial charge < -0.3 is 5.32 Å². The van der Waals surface area contributed by atoms with E-state index in [1.807, 2.05) is 0 Å². The first-order chi connectivity index (χ1) is 13.8. The molecule has 3 fully saturated rings. The third-order valence-corrected chi connectivity index (χ3v) is 6.84. The number of piperidine rings is 3. The Labute approximate surface area is 171 Å². The van der Waals surface area contributed by atoms with Crippen molar-refractivity contribution in [2.45, 2.75) is 47.8 Å². The van der Waals surface area contributed by atoms with Crippen LogP contribution in [0.4, 0.5) is 13.2 Å². The van der Waals surface area contributed by atoms with Crippen LogP contribution in [0, 0.1) is 5.92 Å². The van der Waals surface area contributed by atoms with Gasteiger partial charge in [-0.3, -0.25) is 14.7 Å². The number of hydrogen-bond acceptors (Lipinski definition) is 4. The van der Waals surface area contributed by atoms with Crippen LogP contribution < -0.4 is 5.32 Å². The molecule has 1 aromatic heterocycles. The van der Waals surface area contributed by atoms with E-state index in [1.165, 1.54) is 24.0 Å². The van der Waals surface area contributed by atoms with Crippen LogP contribution in [0.15, 0.2) is 52.4 Å². The molecule has 3 aliphatic rings. The van der Waals surface area contributed by atoms with Gasteiger partial charge in [0, 0.05) is 33.6 Å². The van der Waals surface area contributed by atoms with E-state index in [0.717, 1.165) is 36.9 Å². The van der Waals surface area contributed by atoms with Crippen molar-refractivity contribution in [3.8, 4) is 0 Å². The van der Waals surface area contributed by atoms with Gasteiger partial charge in [-0.05, 0) is 75.2 Å². The lowest BCUT2D eigenvalue weighted by molar-refractivity contribution is -0.141. The predicted octanol–water partition coefficient (Wildman–Crippen LogP) is 4.46. The van der Waals surface area contributed by atoms with Crippen molar-refractivity contribution in [2.24, 2.45) is 5.92 Å². The van der Waals surface area contributed by atoms with Crippen LogP contribution in [-0.4, -0.2) is 41.0 Å². The summed E-state index contributed by atoms with van der Waals surface area (Å²) in [7, 11) is 0. The molecule has 2 bridgehead atoms. The molecular formula is C21H22F3N3OS. The molecule has 2 aromatic rings. The maximum absolute atomic E-state index is 12.7. The number of carbonyl (C=O) groups excluding carboxylic acids is 1. The molecule has 8 heteroatoms. The molecule has 4 nitrogen and oxygen atoms in total. The first kappa shape index (κ1) is 20.2. The number of nitrogens with one attached hydrogen (secondary N) is 1. The minimum absolute atomic E-state index is 0.0802. The number of nitrogens with zero attached hydrogens (tertiary/aromatic N) is 2. The predicted molar refractivity (Wildman–Crippen MR) is 105 cm³/mol. The molecule has 5 rings (SSSR count). The quantitative estimate of drug-likeness (QED) is 0.792. The number of benzene rings is 1. The Morgan fingerprint density at radius 1 is 1.10 bits per heavy atom. The zero-order valence-corrected chi connectivity index (χ0v) is 16.8. The van der Waals surface area contributed by atoms with Gasteiger partial charge >= 0.3 is 6.18 Å². The van der Waals surface area contributed by atoms with Gasteiger partial charge in [-0.1, -0.05) is 11.8 Å². The summed E-state index contributed by atoms with van der Waals surface area (Å²) in [6.45, 7) is 4.40. The number of fused-ring (bicyclic) bond motifs is 3. The van der Waals surface area contributed by atoms with Crippen LogP contribution in [0.2, 0.25) is 0 Å². The Morgan fingerprint density at radius 2 is 1.76 bits per heavy atom. The van der Waals surface area contributed by atoms with Crippen LogP contribution in [0.1, 0.15) is 35.8 Å². The van der Waals surface area contributed by atoms with E-state index in [9.17, 15) is 18.0 Å². The summed E-state index contributed by atoms with van der Waals surface area (Å²) >= 11 is 1.30. The highest BCUT2D eigenvalue weighted by atomic mass is 32.2. The third kappa shape index (κ3) is 4.43. The second kappa shape index (κ2) is 7.99. The van der Waals surface area contributed by atoms with Crippen molar-refractivity contribution in [1.82, 2.24) is 15.2 Å². The van der Waals surface area contributed by atoms with E-state index in [0.29, 0.717) is 22.4 Å². The van der Waals surface area contributed by atoms with Crippen molar-refractivity contribution in [3.05, 3.63) is 53.9 Å². The Kier molecular flexibility index (Phi) is 5.57. The second-order valence-electron chi connectivity index (χ2n) is 7.62. The van der Waals surface area contributed by atoms with Crippen LogP contribution in [0.5, 0.6) is 0 Å². The topological polar surface area (TPSA) is 45.2 Å². The number of amides is 1. The molecule has 0 spiro atoms. The molecule has 1 N–H and O–H groups in total. The molecule has 154 valence electrons. The molecule has 29 heavy (non-hydrogen) atoms. The van der Waals surface area contributed by atoms with E-state index in [4.69, 9.17) is 0 Å². The van der Waals surface area contributed by atoms with Crippen LogP contribution in [0.3, 0.4) is 0 Å². The lowest BCUT2D eigenvalue weighted by atomic mass is 9.79. The number of carbonyl (C=O) groups is 1. The zero-order valence-electron chi connectivity index (χ0n) is 15.9. The molecule has 1 amide bonds. The smallest absolute Gasteiger partial charge is 0.347 e. The third-order valence-electron chi connectivity index (χ3n) is 5.85. The summed E-state index contributed by atoms with van der Waals surface area (Å²) in [5.74, 6) is 0.462. The number of rotatable bonds is 4. The van der Waals surface area contributed by atoms with Crippen LogP contribution >= 0.6 is 11.8 Å². The molecule has 2 atom stereocenters. The molecule has 3 saturated heterocycles. The molecule has 0 saturated carbocycles. The standard InChI is InChI=1S/C21H22F3N3OS/c1-13-19(14-8-10-27(13)11-9-14)26-20(28)15-2-4-16(5-3-15)29-17-6-7-18(25-12-17)21(22,23)24/h2-7,12-14,19H,8-11H2,1H3,(H,26,28)/t13-,19-/m0/s1. The van der Waals surface area contributed by atoms with Crippen LogP contribution in [0.25, 0.3) is 0 Å². The normalized spacial score (nSPS) is 26.3. The van der Waals surface area contributed by atoms with E-state index >= 15 is 0 Å². The monoisotopic (exact) mass is 421 g/mol. The summed E-state index contributed by atoms with van der Waals surface area (Å²) in [6.07, 6.45) is -0.967. The zero-order chi connectivity index (χ0) is 20.6. The highest BCUT2D eigenvalue weighted by molar-refractivity contribution is 7.99. The van der Waals surface area contributed by atoms with Gasteiger partial charge in [-0.25, -0.2) is 0 Å². The van der Waals surface area contributed by atoms with Crippen LogP contribution in [-0.2, 0) is 6.18 Å². The van der Waals surface area contributed by atoms with E-state index in [-0.39, 0.29) is 11.9 Å². The van der Waals surface area contributed by atoms with Gasteiger partial charge in [0.25, 0.3) is 5.91 Å². The van der Waals surface area contributed by atoms with Gasteiger partial charge in [-0.2, -0.15) is 13.2 Å². The van der Waals surface area contributed by atoms with Crippen molar-refractivity contribution in [3.63, 3.8) is 0 Å². The first-order valence-corrected chi connectivity index (χ1v) is 10.5. The minimum Gasteiger partial charge on any atom is -0.347 e. The molecule has 0 radical (unpaired) electrons. The Hall–Kier alpha value is -2.06. The average Bonchev–Trinajstić information content (AvgIpc) is 2.71. The fourth-order valence-electron chi connectivity index (χ4n) is 4.20. The number of alkyl halides is 3. The average molecular weight is 421 g/mol. The summed E-state index contributed by atoms with van der Waals surface area (Å²) in [4.78, 5) is 20.0. The largest absolute Gasteiger partial charge is 0.433 e. The van der Waals surface area contributed by atoms with Gasteiger partial charge in [0.1, 0.15) is 5.69 Å². The Morgan fingerprint density at radius 3 is 2.31 bits per heavy atom. The molecule has 4 heterocycles. The van der Waals surface area contributed by atoms with Crippen molar-refractivity contribution in [2.75, 3.05) is 13.1 Å². The van der Waals surface area contributed by atoms with Gasteiger partial charge in [0.05, 0.1) is 0 Å². The summed E-state index contributed by atoms with van der Waals surface area (Å²) in [5, 5.41) is 3.20. The first-order valence-electron chi connectivity index (χ1n) is 9.67. The maximum Gasteiger partial charge on any atom is 0.433 e. The van der Waals surface area contributed by atoms with E-state index in [1.54, 1.807) is 24.3 Å². The summed E-state index contributed by atoms with van der Waals surface area (Å²) < 4.78 is 37.8.